The minimum absolute atomic E-state index is 0.288. The van der Waals surface area contributed by atoms with Crippen molar-refractivity contribution in [2.45, 2.75) is 0 Å². The van der Waals surface area contributed by atoms with Crippen LogP contribution in [0.25, 0.3) is 0 Å². The van der Waals surface area contributed by atoms with Crippen molar-refractivity contribution in [1.82, 2.24) is 0 Å². The van der Waals surface area contributed by atoms with Crippen LogP contribution in [0, 0.1) is 0 Å². The quantitative estimate of drug-likeness (QED) is 0.778. The molecule has 0 saturated carbocycles. The molecule has 2 aromatic heterocycles. The van der Waals surface area contributed by atoms with Crippen molar-refractivity contribution in [2.75, 3.05) is 28.2 Å². The molecule has 0 radical (unpaired) electrons. The van der Waals surface area contributed by atoms with E-state index in [0.717, 1.165) is 0 Å². The third-order valence-electron chi connectivity index (χ3n) is 1.96. The minimum atomic E-state index is -1.69. The largest absolute Gasteiger partial charge is 0.404 e. The molecular formula is C8H12N4O5P2. The van der Waals surface area contributed by atoms with E-state index >= 15 is 0 Å². The lowest BCUT2D eigenvalue weighted by Gasteiger charge is -1.86. The summed E-state index contributed by atoms with van der Waals surface area (Å²) in [6, 6.07) is 0. The standard InChI is InChI=1S/C8H12N4O5P2/c1-9-5-6(10-2)14-18(13-5)17-19-15-7(11-3)8(12-4)16-19/h1-4H3. The zero-order valence-electron chi connectivity index (χ0n) is 10.7. The maximum absolute atomic E-state index is 5.42. The monoisotopic (exact) mass is 306 g/mol. The summed E-state index contributed by atoms with van der Waals surface area (Å²) in [4.78, 5) is 15.5. The van der Waals surface area contributed by atoms with E-state index < -0.39 is 16.5 Å². The van der Waals surface area contributed by atoms with Gasteiger partial charge in [0.05, 0.1) is 0 Å². The third-order valence-corrected chi connectivity index (χ3v) is 4.31. The van der Waals surface area contributed by atoms with Gasteiger partial charge in [0.2, 0.25) is 0 Å². The Kier molecular flexibility index (Phi) is 4.42. The highest BCUT2D eigenvalue weighted by molar-refractivity contribution is 7.46. The molecule has 0 saturated heterocycles. The van der Waals surface area contributed by atoms with E-state index in [4.69, 9.17) is 21.1 Å². The smallest absolute Gasteiger partial charge is 0.374 e. The molecule has 0 aliphatic carbocycles. The van der Waals surface area contributed by atoms with Crippen LogP contribution in [0.1, 0.15) is 0 Å². The molecule has 2 rings (SSSR count). The van der Waals surface area contributed by atoms with E-state index in [0.29, 0.717) is 0 Å². The van der Waals surface area contributed by atoms with E-state index in [-0.39, 0.29) is 22.2 Å². The second-order valence-electron chi connectivity index (χ2n) is 3.01. The summed E-state index contributed by atoms with van der Waals surface area (Å²) in [5.74, 6) is 0. The highest BCUT2D eigenvalue weighted by atomic mass is 31.2. The molecule has 0 N–H and O–H groups in total. The van der Waals surface area contributed by atoms with Crippen LogP contribution in [-0.4, -0.2) is 28.2 Å². The lowest BCUT2D eigenvalue weighted by atomic mass is 10.8. The first-order chi connectivity index (χ1) is 9.21. The van der Waals surface area contributed by atoms with Crippen molar-refractivity contribution in [3.05, 3.63) is 22.2 Å². The molecule has 0 aliphatic rings. The Balaban J connectivity index is 2.43. The van der Waals surface area contributed by atoms with Gasteiger partial charge in [0.25, 0.3) is 22.2 Å². The summed E-state index contributed by atoms with van der Waals surface area (Å²) in [6.45, 7) is 0. The first kappa shape index (κ1) is 13.9. The van der Waals surface area contributed by atoms with Gasteiger partial charge in [-0.05, 0) is 0 Å². The Hall–Kier alpha value is -1.56. The van der Waals surface area contributed by atoms with Gasteiger partial charge in [-0.25, -0.2) is 20.0 Å². The Bertz CT molecular complexity index is 680. The number of hydrogen-bond donors (Lipinski definition) is 0. The first-order valence-corrected chi connectivity index (χ1v) is 7.29. The van der Waals surface area contributed by atoms with Crippen LogP contribution in [0.3, 0.4) is 0 Å². The summed E-state index contributed by atoms with van der Waals surface area (Å²) in [5, 5.41) is 0. The Morgan fingerprint density at radius 3 is 1.11 bits per heavy atom. The predicted octanol–water partition coefficient (Wildman–Crippen LogP) is 0.0457. The van der Waals surface area contributed by atoms with Crippen LogP contribution in [-0.2, 0) is 0 Å². The molecule has 2 aromatic rings. The molecule has 0 atom stereocenters. The second-order valence-corrected chi connectivity index (χ2v) is 5.29. The van der Waals surface area contributed by atoms with Crippen LogP contribution in [0.5, 0.6) is 0 Å². The Labute approximate surface area is 109 Å². The van der Waals surface area contributed by atoms with Gasteiger partial charge >= 0.3 is 16.5 Å². The molecule has 0 unspecified atom stereocenters. The lowest BCUT2D eigenvalue weighted by molar-refractivity contribution is 0.492. The SMILES string of the molecule is CN=c1op(Op2oc(=NC)c(=NC)o2)oc1=NC. The summed E-state index contributed by atoms with van der Waals surface area (Å²) >= 11 is 0. The maximum atomic E-state index is 5.42. The van der Waals surface area contributed by atoms with Gasteiger partial charge in [-0.3, -0.25) is 0 Å². The molecule has 9 nitrogen and oxygen atoms in total. The maximum Gasteiger partial charge on any atom is 0.404 e. The Morgan fingerprint density at radius 2 is 0.895 bits per heavy atom. The first-order valence-electron chi connectivity index (χ1n) is 5.10. The fourth-order valence-electron chi connectivity index (χ4n) is 1.14. The fourth-order valence-corrected chi connectivity index (χ4v) is 3.39. The second kappa shape index (κ2) is 6.06. The van der Waals surface area contributed by atoms with Gasteiger partial charge in [-0.15, -0.1) is 0 Å². The third kappa shape index (κ3) is 2.89. The zero-order valence-corrected chi connectivity index (χ0v) is 12.5. The van der Waals surface area contributed by atoms with Gasteiger partial charge in [-0.1, -0.05) is 0 Å². The molecule has 0 bridgehead atoms. The molecule has 0 amide bonds. The molecule has 0 fully saturated rings. The van der Waals surface area contributed by atoms with Crippen molar-refractivity contribution in [1.29, 1.82) is 0 Å². The fraction of sp³-hybridized carbons (Fsp3) is 0.500. The van der Waals surface area contributed by atoms with E-state index in [9.17, 15) is 0 Å². The van der Waals surface area contributed by atoms with Crippen molar-refractivity contribution in [3.8, 4) is 0 Å². The van der Waals surface area contributed by atoms with Gasteiger partial charge in [0.15, 0.2) is 0 Å². The van der Waals surface area contributed by atoms with Crippen molar-refractivity contribution >= 4 is 16.5 Å². The van der Waals surface area contributed by atoms with Crippen LogP contribution in [0.2, 0.25) is 0 Å². The summed E-state index contributed by atoms with van der Waals surface area (Å²) in [7, 11) is 2.90. The Morgan fingerprint density at radius 1 is 0.632 bits per heavy atom. The molecule has 0 spiro atoms. The molecule has 19 heavy (non-hydrogen) atoms. The zero-order chi connectivity index (χ0) is 13.8. The van der Waals surface area contributed by atoms with E-state index in [1.54, 1.807) is 28.2 Å². The van der Waals surface area contributed by atoms with Gasteiger partial charge < -0.3 is 16.8 Å². The van der Waals surface area contributed by atoms with Gasteiger partial charge in [-0.2, -0.15) is 4.31 Å². The van der Waals surface area contributed by atoms with Crippen molar-refractivity contribution < 1.29 is 21.1 Å². The summed E-state index contributed by atoms with van der Waals surface area (Å²) in [6.07, 6.45) is 0. The van der Waals surface area contributed by atoms with Crippen molar-refractivity contribution in [3.63, 3.8) is 0 Å². The minimum Gasteiger partial charge on any atom is -0.374 e. The van der Waals surface area contributed by atoms with Crippen LogP contribution in [0.4, 0.5) is 0 Å². The average molecular weight is 306 g/mol. The van der Waals surface area contributed by atoms with E-state index in [2.05, 4.69) is 20.0 Å². The number of hydrogen-bond acceptors (Lipinski definition) is 9. The normalized spacial score (nSPS) is 17.7. The molecule has 0 aliphatic heterocycles. The van der Waals surface area contributed by atoms with Crippen molar-refractivity contribution in [2.24, 2.45) is 20.0 Å². The van der Waals surface area contributed by atoms with Crippen LogP contribution < -0.4 is 26.5 Å². The van der Waals surface area contributed by atoms with E-state index in [1.165, 1.54) is 0 Å². The number of nitrogens with zero attached hydrogens (tertiary/aromatic N) is 4. The highest BCUT2D eigenvalue weighted by Gasteiger charge is 2.13. The predicted molar refractivity (Wildman–Crippen MR) is 65.3 cm³/mol. The lowest BCUT2D eigenvalue weighted by Crippen LogP contribution is -2.19. The average Bonchev–Trinajstić information content (AvgIpc) is 3.01. The molecular weight excluding hydrogens is 294 g/mol. The highest BCUT2D eigenvalue weighted by Crippen LogP contribution is 2.32. The molecule has 11 heteroatoms. The topological polar surface area (TPSA) is 111 Å². The molecule has 0 aromatic carbocycles. The van der Waals surface area contributed by atoms with Crippen LogP contribution >= 0.6 is 16.5 Å². The number of rotatable bonds is 2. The van der Waals surface area contributed by atoms with Gasteiger partial charge in [0, 0.05) is 28.2 Å². The van der Waals surface area contributed by atoms with Gasteiger partial charge in [0.1, 0.15) is 0 Å². The molecule has 2 heterocycles. The summed E-state index contributed by atoms with van der Waals surface area (Å²) < 4.78 is 26.7. The summed E-state index contributed by atoms with van der Waals surface area (Å²) in [5.41, 5.74) is 1.15. The van der Waals surface area contributed by atoms with Crippen LogP contribution in [0.15, 0.2) is 36.8 Å². The van der Waals surface area contributed by atoms with E-state index in [1.807, 2.05) is 0 Å². The molecule has 104 valence electrons.